The van der Waals surface area contributed by atoms with Gasteiger partial charge >= 0.3 is 0 Å². The number of pyridine rings is 1. The highest BCUT2D eigenvalue weighted by Crippen LogP contribution is 2.37. The summed E-state index contributed by atoms with van der Waals surface area (Å²) in [5.41, 5.74) is 7.67. The number of amides is 2. The lowest BCUT2D eigenvalue weighted by atomic mass is 9.94. The van der Waals surface area contributed by atoms with Gasteiger partial charge in [-0.2, -0.15) is 0 Å². The Morgan fingerprint density at radius 3 is 2.69 bits per heavy atom. The summed E-state index contributed by atoms with van der Waals surface area (Å²) in [6.45, 7) is 2.83. The van der Waals surface area contributed by atoms with E-state index in [0.29, 0.717) is 18.7 Å². The third-order valence-corrected chi connectivity index (χ3v) is 6.82. The van der Waals surface area contributed by atoms with Crippen molar-refractivity contribution < 1.29 is 9.59 Å². The molecule has 0 saturated carbocycles. The third kappa shape index (κ3) is 3.98. The van der Waals surface area contributed by atoms with E-state index in [1.807, 2.05) is 47.4 Å². The van der Waals surface area contributed by atoms with Crippen molar-refractivity contribution in [2.45, 2.75) is 12.5 Å². The van der Waals surface area contributed by atoms with Crippen LogP contribution in [0.3, 0.4) is 0 Å². The maximum Gasteiger partial charge on any atom is 0.253 e. The van der Waals surface area contributed by atoms with E-state index in [1.54, 1.807) is 12.4 Å². The summed E-state index contributed by atoms with van der Waals surface area (Å²) >= 11 is 0. The quantitative estimate of drug-likeness (QED) is 0.656. The number of benzene rings is 2. The van der Waals surface area contributed by atoms with E-state index in [9.17, 15) is 9.59 Å². The molecule has 0 aliphatic carbocycles. The average molecular weight is 428 g/mol. The number of likely N-dealkylation sites (tertiary alicyclic amines) is 2. The second-order valence-corrected chi connectivity index (χ2v) is 8.82. The number of primary amides is 1. The summed E-state index contributed by atoms with van der Waals surface area (Å²) in [7, 11) is 0. The Bertz CT molecular complexity index is 1130. The molecule has 32 heavy (non-hydrogen) atoms. The van der Waals surface area contributed by atoms with E-state index in [1.165, 1.54) is 5.56 Å². The van der Waals surface area contributed by atoms with E-state index in [2.05, 4.69) is 28.4 Å². The molecule has 0 bridgehead atoms. The van der Waals surface area contributed by atoms with Crippen molar-refractivity contribution in [2.24, 2.45) is 17.6 Å². The number of nitrogens with zero attached hydrogens (tertiary/aromatic N) is 3. The van der Waals surface area contributed by atoms with Crippen LogP contribution in [-0.4, -0.2) is 58.8 Å². The molecule has 2 N–H and O–H groups in total. The minimum Gasteiger partial charge on any atom is -0.368 e. The minimum absolute atomic E-state index is 0.0114. The van der Waals surface area contributed by atoms with E-state index in [0.717, 1.165) is 30.3 Å². The Labute approximate surface area is 188 Å². The smallest absolute Gasteiger partial charge is 0.253 e. The Balaban J connectivity index is 1.24. The topological polar surface area (TPSA) is 79.5 Å². The summed E-state index contributed by atoms with van der Waals surface area (Å²) in [6.07, 6.45) is 6.58. The molecule has 2 amide bonds. The number of rotatable bonds is 6. The van der Waals surface area contributed by atoms with Gasteiger partial charge in [0.1, 0.15) is 0 Å². The van der Waals surface area contributed by atoms with Crippen LogP contribution in [0.2, 0.25) is 0 Å². The first-order valence-electron chi connectivity index (χ1n) is 11.1. The Kier molecular flexibility index (Phi) is 5.62. The molecule has 3 atom stereocenters. The zero-order valence-electron chi connectivity index (χ0n) is 17.9. The highest BCUT2D eigenvalue weighted by Gasteiger charge is 2.50. The number of fused-ring (bicyclic) bond motifs is 2. The molecule has 163 valence electrons. The van der Waals surface area contributed by atoms with Crippen molar-refractivity contribution in [1.29, 1.82) is 0 Å². The van der Waals surface area contributed by atoms with Crippen LogP contribution in [0.1, 0.15) is 22.3 Å². The fourth-order valence-corrected chi connectivity index (χ4v) is 5.31. The summed E-state index contributed by atoms with van der Waals surface area (Å²) in [5, 5.41) is 2.01. The molecule has 6 nitrogen and oxygen atoms in total. The molecule has 2 unspecified atom stereocenters. The van der Waals surface area contributed by atoms with E-state index >= 15 is 0 Å². The van der Waals surface area contributed by atoms with Gasteiger partial charge in [-0.05, 0) is 54.5 Å². The van der Waals surface area contributed by atoms with Gasteiger partial charge in [-0.1, -0.05) is 36.4 Å². The first kappa shape index (κ1) is 20.6. The number of aromatic nitrogens is 1. The predicted molar refractivity (Wildman–Crippen MR) is 124 cm³/mol. The fraction of sp³-hybridized carbons (Fsp3) is 0.308. The second kappa shape index (κ2) is 8.71. The summed E-state index contributed by atoms with van der Waals surface area (Å²) < 4.78 is 0. The van der Waals surface area contributed by atoms with Crippen LogP contribution in [0.25, 0.3) is 10.8 Å². The molecule has 3 heterocycles. The Morgan fingerprint density at radius 1 is 1.03 bits per heavy atom. The third-order valence-electron chi connectivity index (χ3n) is 6.82. The van der Waals surface area contributed by atoms with Crippen molar-refractivity contribution in [2.75, 3.05) is 26.2 Å². The van der Waals surface area contributed by atoms with Crippen LogP contribution < -0.4 is 5.73 Å². The second-order valence-electron chi connectivity index (χ2n) is 8.82. The molecule has 0 spiro atoms. The van der Waals surface area contributed by atoms with Gasteiger partial charge in [0.05, 0.1) is 6.04 Å². The monoisotopic (exact) mass is 427 g/mol. The van der Waals surface area contributed by atoms with Crippen LogP contribution >= 0.6 is 0 Å². The number of carbonyl (C=O) groups is 2. The molecule has 2 fully saturated rings. The summed E-state index contributed by atoms with van der Waals surface area (Å²) in [5.74, 6) is 0.0891. The predicted octanol–water partition coefficient (Wildman–Crippen LogP) is 2.74. The normalized spacial score (nSPS) is 22.9. The number of hydrogen-bond acceptors (Lipinski definition) is 4. The van der Waals surface area contributed by atoms with Gasteiger partial charge in [-0.15, -0.1) is 0 Å². The zero-order chi connectivity index (χ0) is 22.1. The van der Waals surface area contributed by atoms with Gasteiger partial charge in [0.2, 0.25) is 5.91 Å². The fourth-order valence-electron chi connectivity index (χ4n) is 5.31. The van der Waals surface area contributed by atoms with Gasteiger partial charge in [0.25, 0.3) is 5.91 Å². The SMILES string of the molecule is NC(=O)C1[C@@H]2CN(C(=O)c3ccc4ccncc4c3)CC2CN1CC[CH]c1ccccc1. The highest BCUT2D eigenvalue weighted by atomic mass is 16.2. The molecule has 2 aromatic carbocycles. The highest BCUT2D eigenvalue weighted by molar-refractivity contribution is 5.98. The van der Waals surface area contributed by atoms with Crippen molar-refractivity contribution >= 4 is 22.6 Å². The summed E-state index contributed by atoms with van der Waals surface area (Å²) in [4.78, 5) is 33.8. The zero-order valence-corrected chi connectivity index (χ0v) is 17.9. The standard InChI is InChI=1S/C26H27N4O2/c27-25(31)24-23-17-30(26(32)20-9-8-19-10-11-28-14-21(19)13-20)16-22(23)15-29(24)12-4-7-18-5-2-1-3-6-18/h1-3,5-11,13-14,22-24H,4,12,15-17H2,(H2,27,31)/t22?,23-,24?/m1/s1. The van der Waals surface area contributed by atoms with Gasteiger partial charge in [-0.3, -0.25) is 19.5 Å². The molecule has 2 saturated heterocycles. The van der Waals surface area contributed by atoms with Gasteiger partial charge in [0.15, 0.2) is 0 Å². The molecule has 2 aliphatic rings. The first-order valence-corrected chi connectivity index (χ1v) is 11.1. The maximum atomic E-state index is 13.2. The lowest BCUT2D eigenvalue weighted by Crippen LogP contribution is -2.46. The van der Waals surface area contributed by atoms with Crippen molar-refractivity contribution in [3.63, 3.8) is 0 Å². The van der Waals surface area contributed by atoms with E-state index in [-0.39, 0.29) is 29.7 Å². The molecule has 6 heteroatoms. The maximum absolute atomic E-state index is 13.2. The molecule has 2 aliphatic heterocycles. The van der Waals surface area contributed by atoms with Crippen LogP contribution in [0.15, 0.2) is 67.0 Å². The molecule has 5 rings (SSSR count). The first-order chi connectivity index (χ1) is 15.6. The van der Waals surface area contributed by atoms with Crippen LogP contribution in [0.5, 0.6) is 0 Å². The van der Waals surface area contributed by atoms with Crippen molar-refractivity contribution in [3.8, 4) is 0 Å². The Morgan fingerprint density at radius 2 is 1.88 bits per heavy atom. The molecular formula is C26H27N4O2. The lowest BCUT2D eigenvalue weighted by Gasteiger charge is -2.27. The van der Waals surface area contributed by atoms with Crippen molar-refractivity contribution in [1.82, 2.24) is 14.8 Å². The van der Waals surface area contributed by atoms with Crippen molar-refractivity contribution in [3.05, 3.63) is 84.5 Å². The van der Waals surface area contributed by atoms with Crippen LogP contribution in [0.4, 0.5) is 0 Å². The van der Waals surface area contributed by atoms with E-state index < -0.39 is 0 Å². The summed E-state index contributed by atoms with van der Waals surface area (Å²) in [6, 6.07) is 17.6. The van der Waals surface area contributed by atoms with Gasteiger partial charge in [0, 0.05) is 48.9 Å². The number of nitrogens with two attached hydrogens (primary N) is 1. The van der Waals surface area contributed by atoms with Crippen LogP contribution in [0, 0.1) is 18.3 Å². The molecular weight excluding hydrogens is 400 g/mol. The molecule has 1 radical (unpaired) electrons. The number of carbonyl (C=O) groups excluding carboxylic acids is 2. The van der Waals surface area contributed by atoms with Crippen LogP contribution in [-0.2, 0) is 4.79 Å². The molecule has 3 aromatic rings. The minimum atomic E-state index is -0.317. The van der Waals surface area contributed by atoms with Gasteiger partial charge in [-0.25, -0.2) is 0 Å². The lowest BCUT2D eigenvalue weighted by molar-refractivity contribution is -0.123. The Hall–Kier alpha value is -3.25. The van der Waals surface area contributed by atoms with E-state index in [4.69, 9.17) is 5.73 Å². The largest absolute Gasteiger partial charge is 0.368 e. The average Bonchev–Trinajstić information content (AvgIpc) is 3.36. The molecule has 1 aromatic heterocycles. The number of hydrogen-bond donors (Lipinski definition) is 1. The van der Waals surface area contributed by atoms with Gasteiger partial charge < -0.3 is 10.6 Å².